The molecule has 0 saturated carbocycles. The molecule has 0 radical (unpaired) electrons. The summed E-state index contributed by atoms with van der Waals surface area (Å²) in [4.78, 5) is 39.0. The maximum Gasteiger partial charge on any atom is 0.340 e. The topological polar surface area (TPSA) is 238 Å². The SMILES string of the molecule is C#CCOCCOCCOCCOCCN(c1nc(Cl)nc2c1cnn2[C@@H]1O[C@H](COP(=O)(O)CP(=O)(O)O)[C@@H](O)[C@H]1O)C1CCc2ccccc21. The Kier molecular flexibility index (Phi) is 14.6. The van der Waals surface area contributed by atoms with Gasteiger partial charge in [0, 0.05) is 6.54 Å². The standard InChI is InChI=1S/C31H42ClN5O13P2/c1-2-10-45-12-14-47-16-17-48-15-13-46-11-9-36(24-8-7-21-5-3-4-6-22(21)24)28-23-18-33-37(29(23)35-31(32)34-28)30-27(39)26(38)25(50-30)19-49-52(43,44)20-51(40,41)42/h1,3-6,18,24-27,30,38-39H,7-17,19-20H2,(H,43,44)(H2,40,41,42)/t24?,25-,26-,27-,30-/m1/s1. The van der Waals surface area contributed by atoms with Crippen molar-refractivity contribution in [2.24, 2.45) is 0 Å². The van der Waals surface area contributed by atoms with E-state index in [-0.39, 0.29) is 23.6 Å². The van der Waals surface area contributed by atoms with E-state index in [0.29, 0.717) is 64.0 Å². The van der Waals surface area contributed by atoms with E-state index in [1.807, 2.05) is 12.1 Å². The van der Waals surface area contributed by atoms with Crippen molar-refractivity contribution in [1.82, 2.24) is 19.7 Å². The molecule has 3 aromatic rings. The molecule has 6 atom stereocenters. The lowest BCUT2D eigenvalue weighted by Gasteiger charge is -2.31. The third kappa shape index (κ3) is 10.8. The van der Waals surface area contributed by atoms with E-state index in [0.717, 1.165) is 18.4 Å². The van der Waals surface area contributed by atoms with Gasteiger partial charge in [-0.2, -0.15) is 15.1 Å². The molecule has 2 aromatic heterocycles. The molecule has 2 unspecified atom stereocenters. The summed E-state index contributed by atoms with van der Waals surface area (Å²) in [5.41, 5.74) is 2.52. The molecule has 18 nitrogen and oxygen atoms in total. The van der Waals surface area contributed by atoms with E-state index in [4.69, 9.17) is 56.0 Å². The van der Waals surface area contributed by atoms with Crippen LogP contribution in [0.2, 0.25) is 5.28 Å². The van der Waals surface area contributed by atoms with Gasteiger partial charge in [0.25, 0.3) is 0 Å². The predicted octanol–water partition coefficient (Wildman–Crippen LogP) is 1.63. The highest BCUT2D eigenvalue weighted by Gasteiger charge is 2.46. The van der Waals surface area contributed by atoms with Crippen molar-refractivity contribution in [2.75, 3.05) is 76.8 Å². The molecule has 52 heavy (non-hydrogen) atoms. The zero-order valence-corrected chi connectivity index (χ0v) is 30.6. The highest BCUT2D eigenvalue weighted by Crippen LogP contribution is 2.55. The molecular weight excluding hydrogens is 748 g/mol. The monoisotopic (exact) mass is 789 g/mol. The molecule has 2 aliphatic rings. The summed E-state index contributed by atoms with van der Waals surface area (Å²) in [6.07, 6.45) is 2.36. The van der Waals surface area contributed by atoms with Crippen molar-refractivity contribution in [3.05, 3.63) is 46.9 Å². The van der Waals surface area contributed by atoms with Crippen molar-refractivity contribution < 1.29 is 62.2 Å². The second-order valence-corrected chi connectivity index (χ2v) is 16.3. The van der Waals surface area contributed by atoms with Gasteiger partial charge in [-0.1, -0.05) is 30.2 Å². The number of ether oxygens (including phenoxy) is 5. The number of hydrogen-bond donors (Lipinski definition) is 5. The largest absolute Gasteiger partial charge is 0.387 e. The number of aromatic nitrogens is 4. The number of aliphatic hydroxyl groups excluding tert-OH is 2. The number of aliphatic hydroxyl groups is 2. The summed E-state index contributed by atoms with van der Waals surface area (Å²) in [5.74, 6) is 1.43. The van der Waals surface area contributed by atoms with Crippen molar-refractivity contribution in [3.63, 3.8) is 0 Å². The fraction of sp³-hybridized carbons (Fsp3) is 0.581. The quantitative estimate of drug-likeness (QED) is 0.0446. The Morgan fingerprint density at radius 2 is 1.65 bits per heavy atom. The number of hydrogen-bond acceptors (Lipinski definition) is 14. The van der Waals surface area contributed by atoms with Gasteiger partial charge in [0.2, 0.25) is 5.28 Å². The molecule has 3 heterocycles. The van der Waals surface area contributed by atoms with Crippen LogP contribution in [-0.2, 0) is 43.8 Å². The van der Waals surface area contributed by atoms with Gasteiger partial charge in [0.05, 0.1) is 70.5 Å². The molecular formula is C31H42ClN5O13P2. The van der Waals surface area contributed by atoms with Crippen LogP contribution in [0, 0.1) is 12.3 Å². The maximum absolute atomic E-state index is 12.2. The Labute approximate surface area is 304 Å². The first-order chi connectivity index (χ1) is 24.9. The smallest absolute Gasteiger partial charge is 0.340 e. The number of halogens is 1. The minimum absolute atomic E-state index is 0.0886. The lowest BCUT2D eigenvalue weighted by Crippen LogP contribution is -2.34. The second kappa shape index (κ2) is 18.7. The number of terminal acetylenes is 1. The average Bonchev–Trinajstić information content (AvgIpc) is 3.78. The number of benzene rings is 1. The number of fused-ring (bicyclic) bond motifs is 2. The molecule has 1 saturated heterocycles. The first-order valence-electron chi connectivity index (χ1n) is 16.4. The highest BCUT2D eigenvalue weighted by molar-refractivity contribution is 7.70. The fourth-order valence-corrected chi connectivity index (χ4v) is 8.77. The molecule has 21 heteroatoms. The molecule has 0 spiro atoms. The minimum Gasteiger partial charge on any atom is -0.387 e. The van der Waals surface area contributed by atoms with Crippen LogP contribution in [0.3, 0.4) is 0 Å². The third-order valence-electron chi connectivity index (χ3n) is 8.32. The Balaban J connectivity index is 1.27. The van der Waals surface area contributed by atoms with Crippen molar-refractivity contribution >= 4 is 43.6 Å². The molecule has 286 valence electrons. The lowest BCUT2D eigenvalue weighted by molar-refractivity contribution is -0.0541. The van der Waals surface area contributed by atoms with E-state index in [9.17, 15) is 24.2 Å². The normalized spacial score (nSPS) is 22.8. The van der Waals surface area contributed by atoms with Gasteiger partial charge in [-0.25, -0.2) is 4.68 Å². The number of anilines is 1. The molecule has 0 amide bonds. The van der Waals surface area contributed by atoms with E-state index in [1.165, 1.54) is 16.4 Å². The van der Waals surface area contributed by atoms with E-state index < -0.39 is 52.2 Å². The molecule has 1 aliphatic carbocycles. The Bertz CT molecular complexity index is 1770. The van der Waals surface area contributed by atoms with E-state index >= 15 is 0 Å². The predicted molar refractivity (Wildman–Crippen MR) is 186 cm³/mol. The van der Waals surface area contributed by atoms with Crippen LogP contribution >= 0.6 is 26.8 Å². The first-order valence-corrected chi connectivity index (χ1v) is 20.3. The summed E-state index contributed by atoms with van der Waals surface area (Å²) in [6.45, 7) is 2.56. The van der Waals surface area contributed by atoms with Gasteiger partial charge in [0.15, 0.2) is 17.8 Å². The third-order valence-corrected chi connectivity index (χ3v) is 11.9. The maximum atomic E-state index is 12.2. The lowest BCUT2D eigenvalue weighted by atomic mass is 10.1. The molecule has 1 aromatic carbocycles. The highest BCUT2D eigenvalue weighted by atomic mass is 35.5. The van der Waals surface area contributed by atoms with Crippen LogP contribution in [0.5, 0.6) is 0 Å². The molecule has 5 N–H and O–H groups in total. The van der Waals surface area contributed by atoms with Gasteiger partial charge in [-0.3, -0.25) is 9.13 Å². The molecule has 5 rings (SSSR count). The molecule has 1 fully saturated rings. The fourth-order valence-electron chi connectivity index (χ4n) is 6.04. The number of nitrogens with zero attached hydrogens (tertiary/aromatic N) is 5. The summed E-state index contributed by atoms with van der Waals surface area (Å²) in [5, 5.41) is 26.3. The Morgan fingerprint density at radius 3 is 2.35 bits per heavy atom. The van der Waals surface area contributed by atoms with E-state index in [2.05, 4.69) is 38.0 Å². The first kappa shape index (κ1) is 40.6. The van der Waals surface area contributed by atoms with Crippen LogP contribution in [0.25, 0.3) is 11.0 Å². The summed E-state index contributed by atoms with van der Waals surface area (Å²) < 4.78 is 57.3. The minimum atomic E-state index is -4.88. The Hall–Kier alpha value is -2.56. The summed E-state index contributed by atoms with van der Waals surface area (Å²) in [7, 11) is -9.63. The molecule has 0 bridgehead atoms. The van der Waals surface area contributed by atoms with Gasteiger partial charge in [-0.05, 0) is 35.6 Å². The zero-order valence-electron chi connectivity index (χ0n) is 28.1. The van der Waals surface area contributed by atoms with Gasteiger partial charge in [0.1, 0.15) is 30.7 Å². The average molecular weight is 790 g/mol. The van der Waals surface area contributed by atoms with Crippen LogP contribution in [0.15, 0.2) is 30.5 Å². The van der Waals surface area contributed by atoms with Crippen molar-refractivity contribution in [3.8, 4) is 12.3 Å². The Morgan fingerprint density at radius 1 is 0.981 bits per heavy atom. The van der Waals surface area contributed by atoms with Gasteiger partial charge in [-0.15, -0.1) is 6.42 Å². The summed E-state index contributed by atoms with van der Waals surface area (Å²) >= 11 is 6.49. The summed E-state index contributed by atoms with van der Waals surface area (Å²) in [6, 6.07) is 8.03. The van der Waals surface area contributed by atoms with Crippen molar-refractivity contribution in [1.29, 1.82) is 0 Å². The molecule has 1 aliphatic heterocycles. The van der Waals surface area contributed by atoms with Gasteiger partial charge >= 0.3 is 15.2 Å². The zero-order chi connectivity index (χ0) is 37.3. The van der Waals surface area contributed by atoms with Crippen LogP contribution in [-0.4, -0.2) is 135 Å². The van der Waals surface area contributed by atoms with Crippen LogP contribution in [0.4, 0.5) is 5.82 Å². The van der Waals surface area contributed by atoms with Crippen molar-refractivity contribution in [2.45, 2.75) is 43.4 Å². The number of aryl methyl sites for hydroxylation is 1. The van der Waals surface area contributed by atoms with Crippen LogP contribution < -0.4 is 4.90 Å². The van der Waals surface area contributed by atoms with Gasteiger partial charge < -0.3 is 58.0 Å². The second-order valence-electron chi connectivity index (χ2n) is 12.0. The van der Waals surface area contributed by atoms with E-state index in [1.54, 1.807) is 0 Å². The number of rotatable bonds is 21. The van der Waals surface area contributed by atoms with Crippen LogP contribution in [0.1, 0.15) is 29.8 Å².